The van der Waals surface area contributed by atoms with E-state index in [-0.39, 0.29) is 10.8 Å². The van der Waals surface area contributed by atoms with E-state index in [0.29, 0.717) is 5.02 Å². The zero-order chi connectivity index (χ0) is 15.1. The van der Waals surface area contributed by atoms with Crippen LogP contribution in [0.5, 0.6) is 11.5 Å². The van der Waals surface area contributed by atoms with E-state index in [9.17, 15) is 5.11 Å². The minimum absolute atomic E-state index is 0.108. The summed E-state index contributed by atoms with van der Waals surface area (Å²) in [6.07, 6.45) is 0. The van der Waals surface area contributed by atoms with Gasteiger partial charge in [0.1, 0.15) is 11.5 Å². The molecule has 0 bridgehead atoms. The predicted molar refractivity (Wildman–Crippen MR) is 88.4 cm³/mol. The van der Waals surface area contributed by atoms with Crippen LogP contribution in [0.25, 0.3) is 10.8 Å². The molecule has 0 radical (unpaired) electrons. The molecule has 0 fully saturated rings. The van der Waals surface area contributed by atoms with Crippen molar-refractivity contribution in [3.05, 3.63) is 35.4 Å². The van der Waals surface area contributed by atoms with Crippen LogP contribution >= 0.6 is 11.6 Å². The lowest BCUT2D eigenvalue weighted by Crippen LogP contribution is -2.43. The largest absolute Gasteiger partial charge is 0.543 e. The van der Waals surface area contributed by atoms with Gasteiger partial charge in [-0.05, 0) is 47.8 Å². The Morgan fingerprint density at radius 3 is 2.35 bits per heavy atom. The zero-order valence-corrected chi connectivity index (χ0v) is 14.4. The van der Waals surface area contributed by atoms with Gasteiger partial charge < -0.3 is 9.53 Å². The van der Waals surface area contributed by atoms with Gasteiger partial charge in [0, 0.05) is 16.5 Å². The monoisotopic (exact) mass is 308 g/mol. The summed E-state index contributed by atoms with van der Waals surface area (Å²) in [5.41, 5.74) is 0. The molecule has 0 aromatic heterocycles. The van der Waals surface area contributed by atoms with Gasteiger partial charge >= 0.3 is 0 Å². The van der Waals surface area contributed by atoms with Gasteiger partial charge in [0.2, 0.25) is 0 Å². The van der Waals surface area contributed by atoms with Gasteiger partial charge in [0.15, 0.2) is 0 Å². The van der Waals surface area contributed by atoms with E-state index in [1.54, 1.807) is 12.1 Å². The first-order valence-electron chi connectivity index (χ1n) is 6.71. The van der Waals surface area contributed by atoms with Crippen molar-refractivity contribution in [2.24, 2.45) is 0 Å². The summed E-state index contributed by atoms with van der Waals surface area (Å²) in [6, 6.07) is 9.03. The van der Waals surface area contributed by atoms with Gasteiger partial charge in [-0.15, -0.1) is 0 Å². The number of rotatable bonds is 2. The highest BCUT2D eigenvalue weighted by Gasteiger charge is 2.39. The van der Waals surface area contributed by atoms with Gasteiger partial charge in [0.25, 0.3) is 8.32 Å². The van der Waals surface area contributed by atoms with Crippen LogP contribution in [0.15, 0.2) is 30.3 Å². The Hall–Kier alpha value is -1.19. The van der Waals surface area contributed by atoms with Crippen LogP contribution in [0.2, 0.25) is 23.2 Å². The third-order valence-corrected chi connectivity index (χ3v) is 8.61. The summed E-state index contributed by atoms with van der Waals surface area (Å²) in [4.78, 5) is 0. The highest BCUT2D eigenvalue weighted by Crippen LogP contribution is 2.40. The van der Waals surface area contributed by atoms with Crippen LogP contribution in [0.4, 0.5) is 0 Å². The maximum atomic E-state index is 9.89. The maximum Gasteiger partial charge on any atom is 0.250 e. The molecule has 1 N–H and O–H groups in total. The number of hydrogen-bond donors (Lipinski definition) is 1. The summed E-state index contributed by atoms with van der Waals surface area (Å²) < 4.78 is 6.34. The quantitative estimate of drug-likeness (QED) is 0.733. The number of halogens is 1. The molecule has 0 aliphatic heterocycles. The lowest BCUT2D eigenvalue weighted by Gasteiger charge is -2.36. The van der Waals surface area contributed by atoms with E-state index >= 15 is 0 Å². The van der Waals surface area contributed by atoms with Crippen molar-refractivity contribution < 1.29 is 9.53 Å². The second-order valence-electron chi connectivity index (χ2n) is 6.67. The molecule has 20 heavy (non-hydrogen) atoms. The van der Waals surface area contributed by atoms with Crippen molar-refractivity contribution in [3.8, 4) is 11.5 Å². The highest BCUT2D eigenvalue weighted by molar-refractivity contribution is 6.74. The van der Waals surface area contributed by atoms with Crippen LogP contribution in [-0.4, -0.2) is 13.4 Å². The Bertz CT molecular complexity index is 639. The number of hydrogen-bond acceptors (Lipinski definition) is 2. The predicted octanol–water partition coefficient (Wildman–Crippen LogP) is 5.58. The Kier molecular flexibility index (Phi) is 3.78. The number of phenols is 1. The first kappa shape index (κ1) is 15.2. The molecule has 0 aliphatic rings. The van der Waals surface area contributed by atoms with E-state index in [4.69, 9.17) is 16.0 Å². The van der Waals surface area contributed by atoms with E-state index in [2.05, 4.69) is 33.9 Å². The molecule has 0 aliphatic carbocycles. The fraction of sp³-hybridized carbons (Fsp3) is 0.375. The topological polar surface area (TPSA) is 29.5 Å². The van der Waals surface area contributed by atoms with E-state index in [1.165, 1.54) is 0 Å². The van der Waals surface area contributed by atoms with Gasteiger partial charge in [-0.1, -0.05) is 32.4 Å². The molecule has 2 aromatic carbocycles. The molecular formula is C16H21ClO2Si. The number of aromatic hydroxyl groups is 1. The van der Waals surface area contributed by atoms with Gasteiger partial charge in [-0.2, -0.15) is 0 Å². The molecule has 0 heterocycles. The maximum absolute atomic E-state index is 9.89. The van der Waals surface area contributed by atoms with Crippen molar-refractivity contribution >= 4 is 30.7 Å². The fourth-order valence-corrected chi connectivity index (χ4v) is 3.01. The number of benzene rings is 2. The van der Waals surface area contributed by atoms with E-state index < -0.39 is 8.32 Å². The second kappa shape index (κ2) is 4.97. The average molecular weight is 309 g/mol. The minimum Gasteiger partial charge on any atom is -0.543 e. The first-order valence-corrected chi connectivity index (χ1v) is 10.00. The lowest BCUT2D eigenvalue weighted by molar-refractivity contribution is 0.464. The Morgan fingerprint density at radius 2 is 1.75 bits per heavy atom. The van der Waals surface area contributed by atoms with Crippen LogP contribution in [0.3, 0.4) is 0 Å². The molecule has 0 saturated heterocycles. The minimum atomic E-state index is -1.94. The van der Waals surface area contributed by atoms with E-state index in [0.717, 1.165) is 16.5 Å². The number of phenolic OH excluding ortho intramolecular Hbond substituents is 1. The summed E-state index contributed by atoms with van der Waals surface area (Å²) in [6.45, 7) is 11.0. The Balaban J connectivity index is 2.55. The molecule has 4 heteroatoms. The summed E-state index contributed by atoms with van der Waals surface area (Å²) in [5.74, 6) is 0.941. The Labute approximate surface area is 126 Å². The molecule has 2 aromatic rings. The molecule has 0 atom stereocenters. The average Bonchev–Trinajstić information content (AvgIpc) is 2.25. The van der Waals surface area contributed by atoms with Crippen molar-refractivity contribution in [2.75, 3.05) is 0 Å². The van der Waals surface area contributed by atoms with Crippen LogP contribution in [0, 0.1) is 0 Å². The van der Waals surface area contributed by atoms with Gasteiger partial charge in [0.05, 0.1) is 0 Å². The first-order chi connectivity index (χ1) is 9.10. The normalized spacial score (nSPS) is 12.7. The molecule has 0 saturated carbocycles. The molecule has 0 spiro atoms. The summed E-state index contributed by atoms with van der Waals surface area (Å²) in [7, 11) is -1.94. The SMILES string of the molecule is CC(C)(C)[Si](C)(C)Oc1cc(O)cc2cc(Cl)ccc12. The molecule has 2 nitrogen and oxygen atoms in total. The number of fused-ring (bicyclic) bond motifs is 1. The van der Waals surface area contributed by atoms with Crippen molar-refractivity contribution in [1.29, 1.82) is 0 Å². The summed E-state index contributed by atoms with van der Waals surface area (Å²) in [5, 5.41) is 12.5. The second-order valence-corrected chi connectivity index (χ2v) is 11.8. The summed E-state index contributed by atoms with van der Waals surface area (Å²) >= 11 is 6.02. The van der Waals surface area contributed by atoms with Gasteiger partial charge in [-0.25, -0.2) is 0 Å². The molecule has 0 unspecified atom stereocenters. The fourth-order valence-electron chi connectivity index (χ4n) is 1.80. The highest BCUT2D eigenvalue weighted by atomic mass is 35.5. The van der Waals surface area contributed by atoms with E-state index in [1.807, 2.05) is 18.2 Å². The standard InChI is InChI=1S/C16H21ClO2Si/c1-16(2,3)20(4,5)19-15-10-13(18)9-11-8-12(17)6-7-14(11)15/h6-10,18H,1-5H3. The molecule has 2 rings (SSSR count). The smallest absolute Gasteiger partial charge is 0.250 e. The lowest BCUT2D eigenvalue weighted by atomic mass is 10.1. The van der Waals surface area contributed by atoms with Crippen molar-refractivity contribution in [3.63, 3.8) is 0 Å². The third kappa shape index (κ3) is 2.94. The molecule has 108 valence electrons. The van der Waals surface area contributed by atoms with Crippen LogP contribution < -0.4 is 4.43 Å². The van der Waals surface area contributed by atoms with Crippen molar-refractivity contribution in [2.45, 2.75) is 38.9 Å². The molecule has 0 amide bonds. The van der Waals surface area contributed by atoms with Crippen LogP contribution in [0.1, 0.15) is 20.8 Å². The molecular weight excluding hydrogens is 288 g/mol. The van der Waals surface area contributed by atoms with Crippen molar-refractivity contribution in [1.82, 2.24) is 0 Å². The third-order valence-electron chi connectivity index (χ3n) is 4.03. The zero-order valence-electron chi connectivity index (χ0n) is 12.6. The van der Waals surface area contributed by atoms with Gasteiger partial charge in [-0.3, -0.25) is 0 Å². The van der Waals surface area contributed by atoms with Crippen LogP contribution in [-0.2, 0) is 0 Å². The Morgan fingerprint density at radius 1 is 1.10 bits per heavy atom.